The van der Waals surface area contributed by atoms with Crippen molar-refractivity contribution in [2.75, 3.05) is 5.32 Å². The molecule has 0 bridgehead atoms. The third-order valence-electron chi connectivity index (χ3n) is 4.26. The van der Waals surface area contributed by atoms with Crippen molar-refractivity contribution in [2.45, 2.75) is 25.7 Å². The van der Waals surface area contributed by atoms with Crippen molar-refractivity contribution in [1.29, 1.82) is 0 Å². The maximum Gasteiger partial charge on any atom is 0.573 e. The molecule has 156 valence electrons. The molecule has 5 nitrogen and oxygen atoms in total. The first-order chi connectivity index (χ1) is 14.3. The van der Waals surface area contributed by atoms with E-state index in [9.17, 15) is 18.0 Å². The van der Waals surface area contributed by atoms with Crippen molar-refractivity contribution in [3.05, 3.63) is 78.0 Å². The van der Waals surface area contributed by atoms with E-state index in [1.165, 1.54) is 18.2 Å². The number of nitrogens with zero attached hydrogens (tertiary/aromatic N) is 1. The predicted molar refractivity (Wildman–Crippen MR) is 106 cm³/mol. The Bertz CT molecular complexity index is 1010. The highest BCUT2D eigenvalue weighted by Crippen LogP contribution is 2.24. The summed E-state index contributed by atoms with van der Waals surface area (Å²) in [6.45, 7) is 0.284. The zero-order valence-electron chi connectivity index (χ0n) is 15.8. The van der Waals surface area contributed by atoms with Gasteiger partial charge in [-0.15, -0.1) is 13.2 Å². The first kappa shape index (κ1) is 21.2. The van der Waals surface area contributed by atoms with Gasteiger partial charge in [0, 0.05) is 24.7 Å². The largest absolute Gasteiger partial charge is 0.573 e. The second kappa shape index (κ2) is 9.30. The number of aromatic nitrogens is 1. The van der Waals surface area contributed by atoms with E-state index in [0.717, 1.165) is 16.7 Å². The van der Waals surface area contributed by atoms with Crippen molar-refractivity contribution < 1.29 is 27.8 Å². The summed E-state index contributed by atoms with van der Waals surface area (Å²) in [6, 6.07) is 17.0. The number of benzene rings is 2. The van der Waals surface area contributed by atoms with Gasteiger partial charge in [-0.25, -0.2) is 4.98 Å². The summed E-state index contributed by atoms with van der Waals surface area (Å²) in [5.74, 6) is -0.538. The second-order valence-electron chi connectivity index (χ2n) is 6.57. The number of alkyl halides is 3. The number of aliphatic carboxylic acids is 1. The van der Waals surface area contributed by atoms with Gasteiger partial charge in [0.2, 0.25) is 0 Å². The van der Waals surface area contributed by atoms with E-state index < -0.39 is 12.3 Å². The number of hydrogen-bond donors (Lipinski definition) is 2. The van der Waals surface area contributed by atoms with E-state index in [1.54, 1.807) is 18.3 Å². The number of pyridine rings is 1. The Morgan fingerprint density at radius 2 is 1.77 bits per heavy atom. The lowest BCUT2D eigenvalue weighted by Crippen LogP contribution is -2.17. The number of rotatable bonds is 8. The molecule has 0 fully saturated rings. The fourth-order valence-corrected chi connectivity index (χ4v) is 2.87. The fourth-order valence-electron chi connectivity index (χ4n) is 2.87. The van der Waals surface area contributed by atoms with Crippen LogP contribution in [0.25, 0.3) is 11.1 Å². The van der Waals surface area contributed by atoms with Gasteiger partial charge >= 0.3 is 12.3 Å². The van der Waals surface area contributed by atoms with Crippen molar-refractivity contribution in [2.24, 2.45) is 0 Å². The van der Waals surface area contributed by atoms with E-state index in [4.69, 9.17) is 5.11 Å². The van der Waals surface area contributed by atoms with Crippen LogP contribution in [0, 0.1) is 0 Å². The molecule has 0 saturated heterocycles. The molecule has 0 radical (unpaired) electrons. The normalized spacial score (nSPS) is 11.2. The van der Waals surface area contributed by atoms with Gasteiger partial charge in [-0.2, -0.15) is 0 Å². The average molecular weight is 416 g/mol. The highest BCUT2D eigenvalue weighted by Gasteiger charge is 2.31. The molecule has 0 aliphatic heterocycles. The number of anilines is 1. The van der Waals surface area contributed by atoms with E-state index >= 15 is 0 Å². The predicted octanol–water partition coefficient (Wildman–Crippen LogP) is 5.28. The topological polar surface area (TPSA) is 71.5 Å². The van der Waals surface area contributed by atoms with E-state index in [0.29, 0.717) is 17.8 Å². The van der Waals surface area contributed by atoms with Crippen molar-refractivity contribution in [3.63, 3.8) is 0 Å². The average Bonchev–Trinajstić information content (AvgIpc) is 2.70. The molecule has 2 aromatic carbocycles. The van der Waals surface area contributed by atoms with Crippen LogP contribution in [0.5, 0.6) is 5.75 Å². The summed E-state index contributed by atoms with van der Waals surface area (Å²) in [5, 5.41) is 11.9. The smallest absolute Gasteiger partial charge is 0.481 e. The molecule has 0 aliphatic carbocycles. The molecule has 0 saturated carbocycles. The molecule has 0 unspecified atom stereocenters. The maximum absolute atomic E-state index is 12.3. The minimum atomic E-state index is -4.73. The minimum absolute atomic E-state index is 0.0692. The van der Waals surface area contributed by atoms with E-state index in [1.807, 2.05) is 30.3 Å². The molecule has 0 atom stereocenters. The molecule has 2 N–H and O–H groups in total. The molecule has 0 aliphatic rings. The Morgan fingerprint density at radius 3 is 2.47 bits per heavy atom. The molecular weight excluding hydrogens is 397 g/mol. The molecule has 1 heterocycles. The molecule has 0 amide bonds. The van der Waals surface area contributed by atoms with Crippen LogP contribution in [0.3, 0.4) is 0 Å². The second-order valence-corrected chi connectivity index (χ2v) is 6.57. The number of halogens is 3. The highest BCUT2D eigenvalue weighted by atomic mass is 19.4. The van der Waals surface area contributed by atoms with Gasteiger partial charge in [-0.3, -0.25) is 4.79 Å². The Hall–Kier alpha value is -3.55. The fraction of sp³-hybridized carbons (Fsp3) is 0.182. The van der Waals surface area contributed by atoms with E-state index in [-0.39, 0.29) is 18.7 Å². The van der Waals surface area contributed by atoms with Gasteiger partial charge in [0.1, 0.15) is 11.6 Å². The molecule has 30 heavy (non-hydrogen) atoms. The third-order valence-corrected chi connectivity index (χ3v) is 4.26. The zero-order valence-corrected chi connectivity index (χ0v) is 15.8. The highest BCUT2D eigenvalue weighted by molar-refractivity contribution is 5.68. The Labute approximate surface area is 171 Å². The molecule has 8 heteroatoms. The monoisotopic (exact) mass is 416 g/mol. The van der Waals surface area contributed by atoms with Gasteiger partial charge < -0.3 is 15.2 Å². The summed E-state index contributed by atoms with van der Waals surface area (Å²) >= 11 is 0. The van der Waals surface area contributed by atoms with Crippen LogP contribution in [-0.2, 0) is 17.8 Å². The first-order valence-corrected chi connectivity index (χ1v) is 9.14. The van der Waals surface area contributed by atoms with Gasteiger partial charge in [-0.1, -0.05) is 36.4 Å². The minimum Gasteiger partial charge on any atom is -0.481 e. The lowest BCUT2D eigenvalue weighted by atomic mass is 10.0. The summed E-state index contributed by atoms with van der Waals surface area (Å²) in [6.07, 6.45) is -2.52. The Balaban J connectivity index is 1.62. The third kappa shape index (κ3) is 6.51. The summed E-state index contributed by atoms with van der Waals surface area (Å²) in [5.41, 5.74) is 3.35. The number of hydrogen-bond acceptors (Lipinski definition) is 4. The van der Waals surface area contributed by atoms with Crippen LogP contribution in [0.15, 0.2) is 66.9 Å². The van der Waals surface area contributed by atoms with Crippen LogP contribution in [0.4, 0.5) is 19.0 Å². The summed E-state index contributed by atoms with van der Waals surface area (Å²) in [4.78, 5) is 15.1. The standard InChI is InChI=1S/C22H19F3N2O3/c23-22(24,25)30-19-6-2-4-16(12-19)13-26-20-9-8-18(14-27-20)17-5-1-3-15(11-17)7-10-21(28)29/h1-6,8-9,11-12,14H,7,10,13H2,(H,26,27)(H,28,29). The Morgan fingerprint density at radius 1 is 1.00 bits per heavy atom. The van der Waals surface area contributed by atoms with E-state index in [2.05, 4.69) is 15.0 Å². The van der Waals surface area contributed by atoms with Crippen molar-refractivity contribution in [1.82, 2.24) is 4.98 Å². The number of nitrogens with one attached hydrogen (secondary N) is 1. The number of carbonyl (C=O) groups is 1. The van der Waals surface area contributed by atoms with Crippen LogP contribution in [0.1, 0.15) is 17.5 Å². The SMILES string of the molecule is O=C(O)CCc1cccc(-c2ccc(NCc3cccc(OC(F)(F)F)c3)nc2)c1. The lowest BCUT2D eigenvalue weighted by Gasteiger charge is -2.11. The van der Waals surface area contributed by atoms with Crippen LogP contribution in [-0.4, -0.2) is 22.4 Å². The number of aryl methyl sites for hydroxylation is 1. The van der Waals surface area contributed by atoms with Gasteiger partial charge in [-0.05, 0) is 47.4 Å². The van der Waals surface area contributed by atoms with Crippen LogP contribution in [0.2, 0.25) is 0 Å². The quantitative estimate of drug-likeness (QED) is 0.523. The molecule has 1 aromatic heterocycles. The molecular formula is C22H19F3N2O3. The molecule has 3 rings (SSSR count). The maximum atomic E-state index is 12.3. The molecule has 0 spiro atoms. The summed E-state index contributed by atoms with van der Waals surface area (Å²) in [7, 11) is 0. The molecule has 3 aromatic rings. The van der Waals surface area contributed by atoms with Crippen molar-refractivity contribution >= 4 is 11.8 Å². The van der Waals surface area contributed by atoms with Gasteiger partial charge in [0.25, 0.3) is 0 Å². The van der Waals surface area contributed by atoms with Gasteiger partial charge in [0.15, 0.2) is 0 Å². The first-order valence-electron chi connectivity index (χ1n) is 9.14. The van der Waals surface area contributed by atoms with Crippen LogP contribution < -0.4 is 10.1 Å². The Kier molecular flexibility index (Phi) is 6.56. The summed E-state index contributed by atoms with van der Waals surface area (Å²) < 4.78 is 40.9. The van der Waals surface area contributed by atoms with Gasteiger partial charge in [0.05, 0.1) is 0 Å². The number of carboxylic acid groups (broad SMARTS) is 1. The number of carboxylic acids is 1. The van der Waals surface area contributed by atoms with Crippen molar-refractivity contribution in [3.8, 4) is 16.9 Å². The zero-order chi connectivity index (χ0) is 21.6. The number of ether oxygens (including phenoxy) is 1. The van der Waals surface area contributed by atoms with Crippen LogP contribution >= 0.6 is 0 Å². The lowest BCUT2D eigenvalue weighted by molar-refractivity contribution is -0.274.